The lowest BCUT2D eigenvalue weighted by atomic mass is 9.81. The molecule has 1 aromatic carbocycles. The molecule has 3 aliphatic rings. The van der Waals surface area contributed by atoms with Gasteiger partial charge in [0.05, 0.1) is 18.1 Å². The van der Waals surface area contributed by atoms with Crippen molar-refractivity contribution in [1.82, 2.24) is 4.90 Å². The van der Waals surface area contributed by atoms with Crippen molar-refractivity contribution in [3.05, 3.63) is 54.0 Å². The van der Waals surface area contributed by atoms with Gasteiger partial charge in [0.15, 0.2) is 5.76 Å². The molecule has 1 saturated heterocycles. The molecule has 5 rings (SSSR count). The number of amides is 3. The molecule has 4 atom stereocenters. The van der Waals surface area contributed by atoms with E-state index in [-0.39, 0.29) is 42.0 Å². The summed E-state index contributed by atoms with van der Waals surface area (Å²) in [6, 6.07) is 10.7. The number of benzene rings is 1. The number of aryl methyl sites for hydroxylation is 1. The van der Waals surface area contributed by atoms with Crippen LogP contribution in [0.3, 0.4) is 0 Å². The Hall–Kier alpha value is -2.89. The topological polar surface area (TPSA) is 70.8 Å². The second-order valence-corrected chi connectivity index (χ2v) is 8.18. The third-order valence-corrected chi connectivity index (χ3v) is 6.62. The average molecular weight is 378 g/mol. The molecule has 0 radical (unpaired) electrons. The number of anilines is 1. The number of carbonyl (C=O) groups excluding carboxylic acids is 3. The maximum Gasteiger partial charge on any atom is 0.295 e. The van der Waals surface area contributed by atoms with Gasteiger partial charge in [0.1, 0.15) is 6.67 Å². The molecule has 3 amide bonds. The zero-order valence-corrected chi connectivity index (χ0v) is 15.7. The number of likely N-dealkylation sites (tertiary alicyclic amines) is 1. The van der Waals surface area contributed by atoms with Crippen molar-refractivity contribution in [3.63, 3.8) is 0 Å². The largest absolute Gasteiger partial charge is 0.459 e. The van der Waals surface area contributed by atoms with Gasteiger partial charge in [0, 0.05) is 5.69 Å². The van der Waals surface area contributed by atoms with Gasteiger partial charge in [-0.3, -0.25) is 24.2 Å². The monoisotopic (exact) mass is 378 g/mol. The van der Waals surface area contributed by atoms with Gasteiger partial charge in [0.25, 0.3) is 5.91 Å². The van der Waals surface area contributed by atoms with Crippen LogP contribution >= 0.6 is 0 Å². The van der Waals surface area contributed by atoms with E-state index in [1.165, 1.54) is 16.1 Å². The van der Waals surface area contributed by atoms with E-state index in [1.807, 2.05) is 31.2 Å². The van der Waals surface area contributed by atoms with Crippen LogP contribution in [0.2, 0.25) is 0 Å². The summed E-state index contributed by atoms with van der Waals surface area (Å²) < 4.78 is 5.28. The summed E-state index contributed by atoms with van der Waals surface area (Å²) in [5.74, 6) is -0.155. The number of hydrogen-bond acceptors (Lipinski definition) is 4. The Morgan fingerprint density at radius 2 is 1.71 bits per heavy atom. The van der Waals surface area contributed by atoms with Crippen LogP contribution in [0.5, 0.6) is 0 Å². The summed E-state index contributed by atoms with van der Waals surface area (Å²) in [5.41, 5.74) is 1.70. The minimum atomic E-state index is -0.366. The van der Waals surface area contributed by atoms with Crippen LogP contribution in [0, 0.1) is 30.6 Å². The van der Waals surface area contributed by atoms with Crippen LogP contribution < -0.4 is 4.90 Å². The van der Waals surface area contributed by atoms with E-state index in [2.05, 4.69) is 0 Å². The lowest BCUT2D eigenvalue weighted by Gasteiger charge is -2.27. The van der Waals surface area contributed by atoms with E-state index in [0.29, 0.717) is 17.5 Å². The van der Waals surface area contributed by atoms with Crippen LogP contribution in [-0.2, 0) is 9.59 Å². The van der Waals surface area contributed by atoms with Gasteiger partial charge in [-0.1, -0.05) is 17.7 Å². The smallest absolute Gasteiger partial charge is 0.295 e. The SMILES string of the molecule is Cc1ccc(N(CN2C(=O)[C@@H]3[C@H]4CC[C@@H](C4)[C@H]3C2=O)C(=O)c2ccco2)cc1. The van der Waals surface area contributed by atoms with Gasteiger partial charge in [-0.2, -0.15) is 0 Å². The van der Waals surface area contributed by atoms with Crippen molar-refractivity contribution in [2.24, 2.45) is 23.7 Å². The first-order valence-corrected chi connectivity index (χ1v) is 9.82. The van der Waals surface area contributed by atoms with Crippen molar-refractivity contribution >= 4 is 23.4 Å². The molecule has 0 unspecified atom stereocenters. The molecule has 0 N–H and O–H groups in total. The standard InChI is InChI=1S/C22H22N2O4/c1-13-4-8-16(9-5-13)23(20(25)17-3-2-10-28-17)12-24-21(26)18-14-6-7-15(11-14)19(18)22(24)27/h2-5,8-10,14-15,18-19H,6-7,11-12H2,1H3/t14-,15-,18+,19+/m0/s1. The summed E-state index contributed by atoms with van der Waals surface area (Å²) >= 11 is 0. The number of carbonyl (C=O) groups is 3. The molecular weight excluding hydrogens is 356 g/mol. The van der Waals surface area contributed by atoms with E-state index < -0.39 is 0 Å². The van der Waals surface area contributed by atoms with E-state index in [1.54, 1.807) is 12.1 Å². The minimum absolute atomic E-state index is 0.0767. The first kappa shape index (κ1) is 17.2. The van der Waals surface area contributed by atoms with Gasteiger partial charge in [-0.25, -0.2) is 0 Å². The predicted molar refractivity (Wildman–Crippen MR) is 101 cm³/mol. The Morgan fingerprint density at radius 3 is 2.29 bits per heavy atom. The molecule has 144 valence electrons. The van der Waals surface area contributed by atoms with Crippen molar-refractivity contribution in [1.29, 1.82) is 0 Å². The molecule has 2 aliphatic carbocycles. The highest BCUT2D eigenvalue weighted by molar-refractivity contribution is 6.09. The van der Waals surface area contributed by atoms with Crippen LogP contribution in [-0.4, -0.2) is 29.3 Å². The summed E-state index contributed by atoms with van der Waals surface area (Å²) in [5, 5.41) is 0. The number of fused-ring (bicyclic) bond motifs is 5. The van der Waals surface area contributed by atoms with E-state index >= 15 is 0 Å². The summed E-state index contributed by atoms with van der Waals surface area (Å²) in [7, 11) is 0. The molecule has 2 bridgehead atoms. The second-order valence-electron chi connectivity index (χ2n) is 8.18. The Labute approximate surface area is 163 Å². The zero-order chi connectivity index (χ0) is 19.4. The van der Waals surface area contributed by atoms with Gasteiger partial charge < -0.3 is 4.42 Å². The highest BCUT2D eigenvalue weighted by Crippen LogP contribution is 2.56. The van der Waals surface area contributed by atoms with Gasteiger partial charge in [0.2, 0.25) is 11.8 Å². The van der Waals surface area contributed by atoms with Gasteiger partial charge in [-0.15, -0.1) is 0 Å². The molecule has 2 saturated carbocycles. The molecule has 1 aromatic heterocycles. The molecule has 1 aliphatic heterocycles. The lowest BCUT2D eigenvalue weighted by Crippen LogP contribution is -2.45. The molecule has 6 nitrogen and oxygen atoms in total. The van der Waals surface area contributed by atoms with Crippen LogP contribution in [0.4, 0.5) is 5.69 Å². The average Bonchev–Trinajstić information content (AvgIpc) is 3.47. The Balaban J connectivity index is 1.47. The number of nitrogens with zero attached hydrogens (tertiary/aromatic N) is 2. The fraction of sp³-hybridized carbons (Fsp3) is 0.409. The minimum Gasteiger partial charge on any atom is -0.459 e. The van der Waals surface area contributed by atoms with Crippen molar-refractivity contribution < 1.29 is 18.8 Å². The first-order chi connectivity index (χ1) is 13.5. The number of rotatable bonds is 4. The number of furan rings is 1. The van der Waals surface area contributed by atoms with Crippen molar-refractivity contribution in [2.75, 3.05) is 11.6 Å². The first-order valence-electron chi connectivity index (χ1n) is 9.82. The third kappa shape index (κ3) is 2.51. The van der Waals surface area contributed by atoms with Crippen LogP contribution in [0.25, 0.3) is 0 Å². The Bertz CT molecular complexity index is 906. The quantitative estimate of drug-likeness (QED) is 0.766. The summed E-state index contributed by atoms with van der Waals surface area (Å²) in [4.78, 5) is 41.9. The van der Waals surface area contributed by atoms with Crippen LogP contribution in [0.15, 0.2) is 47.1 Å². The number of imide groups is 1. The zero-order valence-electron chi connectivity index (χ0n) is 15.7. The Morgan fingerprint density at radius 1 is 1.07 bits per heavy atom. The third-order valence-electron chi connectivity index (χ3n) is 6.62. The highest BCUT2D eigenvalue weighted by atomic mass is 16.3. The van der Waals surface area contributed by atoms with Crippen molar-refractivity contribution in [3.8, 4) is 0 Å². The highest BCUT2D eigenvalue weighted by Gasteiger charge is 2.61. The maximum absolute atomic E-state index is 13.1. The van der Waals surface area contributed by atoms with E-state index in [9.17, 15) is 14.4 Å². The fourth-order valence-electron chi connectivity index (χ4n) is 5.27. The molecule has 28 heavy (non-hydrogen) atoms. The predicted octanol–water partition coefficient (Wildman–Crippen LogP) is 3.22. The summed E-state index contributed by atoms with van der Waals surface area (Å²) in [6.07, 6.45) is 4.50. The lowest BCUT2D eigenvalue weighted by molar-refractivity contribution is -0.140. The van der Waals surface area contributed by atoms with E-state index in [4.69, 9.17) is 4.42 Å². The van der Waals surface area contributed by atoms with Crippen molar-refractivity contribution in [2.45, 2.75) is 26.2 Å². The van der Waals surface area contributed by atoms with E-state index in [0.717, 1.165) is 24.8 Å². The second kappa shape index (κ2) is 6.33. The molecule has 2 heterocycles. The molecule has 6 heteroatoms. The Kier molecular flexibility index (Phi) is 3.89. The van der Waals surface area contributed by atoms with Gasteiger partial charge in [-0.05, 0) is 62.3 Å². The summed E-state index contributed by atoms with van der Waals surface area (Å²) in [6.45, 7) is 1.89. The molecular formula is C22H22N2O4. The molecule has 3 fully saturated rings. The molecule has 2 aromatic rings. The maximum atomic E-state index is 13.1. The van der Waals surface area contributed by atoms with Gasteiger partial charge >= 0.3 is 0 Å². The number of hydrogen-bond donors (Lipinski definition) is 0. The van der Waals surface area contributed by atoms with Crippen LogP contribution in [0.1, 0.15) is 35.4 Å². The molecule has 0 spiro atoms. The fourth-order valence-corrected chi connectivity index (χ4v) is 5.27. The normalized spacial score (nSPS) is 28.1.